The van der Waals surface area contributed by atoms with Crippen LogP contribution in [0.5, 0.6) is 0 Å². The van der Waals surface area contributed by atoms with Gasteiger partial charge in [-0.1, -0.05) is 24.3 Å². The average molecular weight is 320 g/mol. The van der Waals surface area contributed by atoms with Crippen LogP contribution in [-0.2, 0) is 6.54 Å². The third-order valence-electron chi connectivity index (χ3n) is 4.56. The lowest BCUT2D eigenvalue weighted by Gasteiger charge is -2.30. The van der Waals surface area contributed by atoms with Gasteiger partial charge in [-0.15, -0.1) is 0 Å². The molecule has 3 amide bonds. The first-order valence-corrected chi connectivity index (χ1v) is 7.98. The molecule has 0 spiro atoms. The number of likely N-dealkylation sites (tertiary alicyclic amines) is 1. The van der Waals surface area contributed by atoms with Crippen LogP contribution in [0.4, 0.5) is 0 Å². The van der Waals surface area contributed by atoms with Gasteiger partial charge in [-0.25, -0.2) is 0 Å². The van der Waals surface area contributed by atoms with Crippen LogP contribution in [-0.4, -0.2) is 40.6 Å². The van der Waals surface area contributed by atoms with Crippen LogP contribution < -0.4 is 0 Å². The Hall–Kier alpha value is -2.95. The minimum atomic E-state index is -0.267. The number of carbonyl (C=O) groups is 3. The van der Waals surface area contributed by atoms with Gasteiger partial charge in [0.05, 0.1) is 17.7 Å². The van der Waals surface area contributed by atoms with E-state index < -0.39 is 0 Å². The first kappa shape index (κ1) is 14.6. The zero-order valence-electron chi connectivity index (χ0n) is 13.1. The monoisotopic (exact) mass is 320 g/mol. The smallest absolute Gasteiger partial charge is 0.261 e. The molecule has 0 unspecified atom stereocenters. The second-order valence-corrected chi connectivity index (χ2v) is 6.08. The fraction of sp³-hybridized carbons (Fsp3) is 0.211. The van der Waals surface area contributed by atoms with Crippen LogP contribution in [0.2, 0.25) is 0 Å². The Labute approximate surface area is 139 Å². The minimum Gasteiger partial charge on any atom is -0.339 e. The van der Waals surface area contributed by atoms with Crippen LogP contribution in [0.25, 0.3) is 0 Å². The van der Waals surface area contributed by atoms with Crippen molar-refractivity contribution in [3.8, 4) is 0 Å². The maximum atomic E-state index is 12.4. The largest absolute Gasteiger partial charge is 0.339 e. The van der Waals surface area contributed by atoms with E-state index in [4.69, 9.17) is 0 Å². The number of benzene rings is 2. The maximum absolute atomic E-state index is 12.4. The zero-order chi connectivity index (χ0) is 16.7. The molecule has 0 aromatic heterocycles. The van der Waals surface area contributed by atoms with Crippen LogP contribution >= 0.6 is 0 Å². The molecule has 2 aromatic rings. The molecule has 4 rings (SSSR count). The van der Waals surface area contributed by atoms with Gasteiger partial charge in [0.2, 0.25) is 0 Å². The van der Waals surface area contributed by atoms with Gasteiger partial charge in [-0.3, -0.25) is 19.3 Å². The lowest BCUT2D eigenvalue weighted by Crippen LogP contribution is -2.42. The van der Waals surface area contributed by atoms with E-state index in [2.05, 4.69) is 0 Å². The summed E-state index contributed by atoms with van der Waals surface area (Å²) in [6.45, 7) is 1.84. The number of amides is 3. The molecule has 2 aliphatic heterocycles. The molecule has 5 heteroatoms. The van der Waals surface area contributed by atoms with Gasteiger partial charge < -0.3 is 4.90 Å². The van der Waals surface area contributed by atoms with Gasteiger partial charge in [0.15, 0.2) is 0 Å². The summed E-state index contributed by atoms with van der Waals surface area (Å²) in [7, 11) is 0. The Kier molecular flexibility index (Phi) is 3.41. The Bertz CT molecular complexity index is 803. The molecule has 1 fully saturated rings. The number of carbonyl (C=O) groups excluding carboxylic acids is 3. The van der Waals surface area contributed by atoms with Gasteiger partial charge in [-0.2, -0.15) is 0 Å². The second kappa shape index (κ2) is 5.60. The Morgan fingerprint density at radius 1 is 0.875 bits per heavy atom. The zero-order valence-corrected chi connectivity index (χ0v) is 13.1. The van der Waals surface area contributed by atoms with Crippen molar-refractivity contribution in [3.63, 3.8) is 0 Å². The summed E-state index contributed by atoms with van der Waals surface area (Å²) in [6, 6.07) is 14.0. The van der Waals surface area contributed by atoms with Gasteiger partial charge in [0, 0.05) is 18.7 Å². The summed E-state index contributed by atoms with van der Waals surface area (Å²) < 4.78 is 0. The topological polar surface area (TPSA) is 57.7 Å². The summed E-state index contributed by atoms with van der Waals surface area (Å²) in [4.78, 5) is 39.9. The van der Waals surface area contributed by atoms with E-state index in [9.17, 15) is 14.4 Å². The Balaban J connectivity index is 1.51. The summed E-state index contributed by atoms with van der Waals surface area (Å²) in [5, 5.41) is 0. The molecule has 0 radical (unpaired) electrons. The number of hydrogen-bond donors (Lipinski definition) is 0. The van der Waals surface area contributed by atoms with Crippen molar-refractivity contribution < 1.29 is 14.4 Å². The van der Waals surface area contributed by atoms with E-state index in [1.165, 1.54) is 4.90 Å². The summed E-state index contributed by atoms with van der Waals surface area (Å²) >= 11 is 0. The Morgan fingerprint density at radius 2 is 1.46 bits per heavy atom. The number of hydrogen-bond acceptors (Lipinski definition) is 3. The second-order valence-electron chi connectivity index (χ2n) is 6.08. The molecular weight excluding hydrogens is 304 g/mol. The predicted octanol–water partition coefficient (Wildman–Crippen LogP) is 2.33. The highest BCUT2D eigenvalue weighted by atomic mass is 16.2. The van der Waals surface area contributed by atoms with Gasteiger partial charge in [0.25, 0.3) is 17.7 Å². The van der Waals surface area contributed by atoms with E-state index in [-0.39, 0.29) is 24.3 Å². The molecule has 0 N–H and O–H groups in total. The highest BCUT2D eigenvalue weighted by Crippen LogP contribution is 2.24. The van der Waals surface area contributed by atoms with Crippen LogP contribution in [0.15, 0.2) is 48.5 Å². The van der Waals surface area contributed by atoms with Crippen LogP contribution in [0.1, 0.15) is 43.1 Å². The van der Waals surface area contributed by atoms with Gasteiger partial charge >= 0.3 is 0 Å². The fourth-order valence-corrected chi connectivity index (χ4v) is 3.02. The molecule has 0 aliphatic carbocycles. The lowest BCUT2D eigenvalue weighted by atomic mass is 10.1. The van der Waals surface area contributed by atoms with Crippen molar-refractivity contribution in [3.05, 3.63) is 70.8 Å². The van der Waals surface area contributed by atoms with Crippen molar-refractivity contribution in [2.45, 2.75) is 13.0 Å². The third-order valence-corrected chi connectivity index (χ3v) is 4.56. The highest BCUT2D eigenvalue weighted by molar-refractivity contribution is 6.21. The summed E-state index contributed by atoms with van der Waals surface area (Å²) in [6.07, 6.45) is 1.06. The van der Waals surface area contributed by atoms with E-state index >= 15 is 0 Å². The number of imide groups is 1. The van der Waals surface area contributed by atoms with E-state index in [0.717, 1.165) is 25.1 Å². The first-order chi connectivity index (χ1) is 11.6. The number of rotatable bonds is 3. The molecule has 5 nitrogen and oxygen atoms in total. The molecule has 1 saturated heterocycles. The van der Waals surface area contributed by atoms with Crippen molar-refractivity contribution >= 4 is 17.7 Å². The number of nitrogens with zero attached hydrogens (tertiary/aromatic N) is 2. The van der Waals surface area contributed by atoms with E-state index in [1.807, 2.05) is 0 Å². The minimum absolute atomic E-state index is 0.0357. The quantitative estimate of drug-likeness (QED) is 0.816. The molecule has 2 aromatic carbocycles. The van der Waals surface area contributed by atoms with Gasteiger partial charge in [-0.05, 0) is 36.2 Å². The van der Waals surface area contributed by atoms with E-state index in [1.54, 1.807) is 53.4 Å². The number of fused-ring (bicyclic) bond motifs is 1. The predicted molar refractivity (Wildman–Crippen MR) is 87.6 cm³/mol. The third kappa shape index (κ3) is 2.29. The fourth-order valence-electron chi connectivity index (χ4n) is 3.02. The standard InChI is InChI=1S/C19H16N2O3/c22-17(20-10-3-11-20)14-8-6-13(7-9-14)12-21-18(23)15-4-1-2-5-16(15)19(21)24/h1-2,4-9H,3,10-12H2. The molecule has 0 atom stereocenters. The normalized spacial score (nSPS) is 16.2. The Morgan fingerprint density at radius 3 is 1.96 bits per heavy atom. The van der Waals surface area contributed by atoms with Crippen molar-refractivity contribution in [1.29, 1.82) is 0 Å². The SMILES string of the molecule is O=C(c1ccc(CN2C(=O)c3ccccc3C2=O)cc1)N1CCC1. The molecular formula is C19H16N2O3. The summed E-state index contributed by atoms with van der Waals surface area (Å²) in [5.41, 5.74) is 2.37. The summed E-state index contributed by atoms with van der Waals surface area (Å²) in [5.74, 6) is -0.499. The van der Waals surface area contributed by atoms with Crippen LogP contribution in [0, 0.1) is 0 Å². The molecule has 0 saturated carbocycles. The lowest BCUT2D eigenvalue weighted by molar-refractivity contribution is 0.0633. The molecule has 2 heterocycles. The molecule has 120 valence electrons. The van der Waals surface area contributed by atoms with E-state index in [0.29, 0.717) is 16.7 Å². The molecule has 2 aliphatic rings. The van der Waals surface area contributed by atoms with Crippen molar-refractivity contribution in [1.82, 2.24) is 9.80 Å². The first-order valence-electron chi connectivity index (χ1n) is 7.98. The average Bonchev–Trinajstić information content (AvgIpc) is 2.79. The molecule has 24 heavy (non-hydrogen) atoms. The van der Waals surface area contributed by atoms with Crippen molar-refractivity contribution in [2.75, 3.05) is 13.1 Å². The maximum Gasteiger partial charge on any atom is 0.261 e. The van der Waals surface area contributed by atoms with Crippen molar-refractivity contribution in [2.24, 2.45) is 0 Å². The van der Waals surface area contributed by atoms with Crippen LogP contribution in [0.3, 0.4) is 0 Å². The highest BCUT2D eigenvalue weighted by Gasteiger charge is 2.34. The van der Waals surface area contributed by atoms with Gasteiger partial charge in [0.1, 0.15) is 0 Å². The molecule has 0 bridgehead atoms.